The van der Waals surface area contributed by atoms with Crippen molar-refractivity contribution in [3.8, 4) is 0 Å². The number of rotatable bonds is 70. The Kier molecular flexibility index (Phi) is 61.3. The number of aliphatic hydroxyl groups excluding tert-OH is 1. The molecule has 0 heterocycles. The van der Waals surface area contributed by atoms with E-state index in [2.05, 4.69) is 55.4 Å². The summed E-state index contributed by atoms with van der Waals surface area (Å²) in [4.78, 5) is 72.6. The van der Waals surface area contributed by atoms with E-state index in [0.717, 1.165) is 114 Å². The Bertz CT molecular complexity index is 1820. The van der Waals surface area contributed by atoms with Gasteiger partial charge in [-0.1, -0.05) is 312 Å². The SMILES string of the molecule is CCC(C)CCCCCCCCCCCCCCCCC(=O)O[C@H](COC(=O)CCCCCCCCCCCCC(C)C)COP(=O)(O)OC[C@@H](O)COP(=O)(O)OC[C@@H](COC(=O)CCCCCCCCC(C)C)OC(=O)CCCCCCCCCCC(C)CC. The molecule has 92 heavy (non-hydrogen) atoms. The van der Waals surface area contributed by atoms with Crippen LogP contribution in [0.1, 0.15) is 364 Å². The molecule has 0 aliphatic carbocycles. The molecule has 19 heteroatoms. The molecule has 546 valence electrons. The molecule has 0 saturated heterocycles. The number of unbranched alkanes of at least 4 members (excludes halogenated alkanes) is 34. The van der Waals surface area contributed by atoms with Gasteiger partial charge in [-0.25, -0.2) is 9.13 Å². The fourth-order valence-corrected chi connectivity index (χ4v) is 12.5. The van der Waals surface area contributed by atoms with Gasteiger partial charge in [0, 0.05) is 25.7 Å². The largest absolute Gasteiger partial charge is 0.472 e. The lowest BCUT2D eigenvalue weighted by Gasteiger charge is -2.21. The van der Waals surface area contributed by atoms with Gasteiger partial charge in [0.2, 0.25) is 0 Å². The highest BCUT2D eigenvalue weighted by molar-refractivity contribution is 7.47. The van der Waals surface area contributed by atoms with Gasteiger partial charge in [-0.05, 0) is 49.4 Å². The highest BCUT2D eigenvalue weighted by Gasteiger charge is 2.30. The van der Waals surface area contributed by atoms with E-state index in [1.165, 1.54) is 161 Å². The van der Waals surface area contributed by atoms with Gasteiger partial charge in [0.25, 0.3) is 0 Å². The smallest absolute Gasteiger partial charge is 0.462 e. The minimum absolute atomic E-state index is 0.103. The first-order chi connectivity index (χ1) is 44.2. The summed E-state index contributed by atoms with van der Waals surface area (Å²) in [5.74, 6) is 0.925. The molecule has 7 atom stereocenters. The molecule has 0 amide bonds. The predicted octanol–water partition coefficient (Wildman–Crippen LogP) is 20.9. The summed E-state index contributed by atoms with van der Waals surface area (Å²) in [6.45, 7) is 14.1. The summed E-state index contributed by atoms with van der Waals surface area (Å²) >= 11 is 0. The van der Waals surface area contributed by atoms with Gasteiger partial charge in [0.1, 0.15) is 19.3 Å². The second-order valence-electron chi connectivity index (χ2n) is 27.8. The number of ether oxygens (including phenoxy) is 4. The third-order valence-electron chi connectivity index (χ3n) is 17.5. The quantitative estimate of drug-likeness (QED) is 0.0222. The van der Waals surface area contributed by atoms with Crippen molar-refractivity contribution in [1.82, 2.24) is 0 Å². The maximum Gasteiger partial charge on any atom is 0.472 e. The molecule has 0 aliphatic rings. The molecule has 0 fully saturated rings. The third-order valence-corrected chi connectivity index (χ3v) is 19.4. The van der Waals surface area contributed by atoms with Crippen LogP contribution in [0.2, 0.25) is 0 Å². The lowest BCUT2D eigenvalue weighted by atomic mass is 9.99. The van der Waals surface area contributed by atoms with Crippen LogP contribution < -0.4 is 0 Å². The van der Waals surface area contributed by atoms with Crippen LogP contribution in [0.3, 0.4) is 0 Å². The van der Waals surface area contributed by atoms with E-state index in [1.807, 2.05) is 0 Å². The highest BCUT2D eigenvalue weighted by atomic mass is 31.2. The summed E-state index contributed by atoms with van der Waals surface area (Å²) in [7, 11) is -9.91. The number of carbonyl (C=O) groups is 4. The Morgan fingerprint density at radius 1 is 0.304 bits per heavy atom. The summed E-state index contributed by atoms with van der Waals surface area (Å²) in [5, 5.41) is 10.6. The third kappa shape index (κ3) is 64.1. The van der Waals surface area contributed by atoms with Crippen molar-refractivity contribution < 1.29 is 80.2 Å². The number of carbonyl (C=O) groups excluding carboxylic acids is 4. The second kappa shape index (κ2) is 62.6. The van der Waals surface area contributed by atoms with Crippen LogP contribution in [0.15, 0.2) is 0 Å². The van der Waals surface area contributed by atoms with Crippen LogP contribution in [-0.2, 0) is 65.4 Å². The summed E-state index contributed by atoms with van der Waals surface area (Å²) < 4.78 is 68.4. The molecule has 4 unspecified atom stereocenters. The van der Waals surface area contributed by atoms with Crippen molar-refractivity contribution in [1.29, 1.82) is 0 Å². The number of hydrogen-bond donors (Lipinski definition) is 3. The van der Waals surface area contributed by atoms with Crippen LogP contribution >= 0.6 is 15.6 Å². The van der Waals surface area contributed by atoms with E-state index in [9.17, 15) is 43.2 Å². The standard InChI is InChI=1S/C73H142O17P2/c1-9-65(7)51-43-35-26-20-15-13-11-12-14-16-22-29-39-47-55-72(77)89-68(59-83-70(75)53-45-37-28-21-18-17-19-25-33-41-49-63(3)4)61-87-91(79,80)85-57-67(74)58-86-92(81,82)88-62-69(60-84-71(76)54-46-38-32-31-34-42-50-64(5)6)90-73(78)56-48-40-30-24-23-27-36-44-52-66(8)10-2/h63-69,74H,9-62H2,1-8H3,(H,79,80)(H,81,82)/t65?,66?,67-,68-,69-/m1/s1. The van der Waals surface area contributed by atoms with E-state index in [4.69, 9.17) is 37.0 Å². The fraction of sp³-hybridized carbons (Fsp3) is 0.945. The monoisotopic (exact) mass is 1350 g/mol. The van der Waals surface area contributed by atoms with E-state index in [-0.39, 0.29) is 25.7 Å². The molecule has 3 N–H and O–H groups in total. The second-order valence-corrected chi connectivity index (χ2v) is 30.7. The van der Waals surface area contributed by atoms with Gasteiger partial charge in [-0.15, -0.1) is 0 Å². The Labute approximate surface area is 562 Å². The zero-order chi connectivity index (χ0) is 68.2. The molecular weight excluding hydrogens is 1210 g/mol. The van der Waals surface area contributed by atoms with Gasteiger partial charge < -0.3 is 33.8 Å². The average molecular weight is 1350 g/mol. The molecule has 0 aliphatic heterocycles. The minimum atomic E-state index is -4.96. The van der Waals surface area contributed by atoms with Crippen molar-refractivity contribution in [2.75, 3.05) is 39.6 Å². The van der Waals surface area contributed by atoms with E-state index < -0.39 is 97.5 Å². The lowest BCUT2D eigenvalue weighted by molar-refractivity contribution is -0.161. The maximum absolute atomic E-state index is 13.1. The molecule has 0 aromatic rings. The van der Waals surface area contributed by atoms with Crippen molar-refractivity contribution in [2.45, 2.75) is 382 Å². The number of hydrogen-bond acceptors (Lipinski definition) is 15. The Morgan fingerprint density at radius 2 is 0.522 bits per heavy atom. The van der Waals surface area contributed by atoms with Crippen molar-refractivity contribution in [3.05, 3.63) is 0 Å². The lowest BCUT2D eigenvalue weighted by Crippen LogP contribution is -2.30. The van der Waals surface area contributed by atoms with Crippen molar-refractivity contribution in [3.63, 3.8) is 0 Å². The molecule has 0 aromatic heterocycles. The Balaban J connectivity index is 5.24. The van der Waals surface area contributed by atoms with Crippen LogP contribution in [0, 0.1) is 23.7 Å². The Morgan fingerprint density at radius 3 is 0.772 bits per heavy atom. The summed E-state index contributed by atoms with van der Waals surface area (Å²) in [6.07, 6.45) is 45.9. The maximum atomic E-state index is 13.1. The van der Waals surface area contributed by atoms with Crippen molar-refractivity contribution in [2.24, 2.45) is 23.7 Å². The fourth-order valence-electron chi connectivity index (χ4n) is 11.0. The van der Waals surface area contributed by atoms with Crippen LogP contribution in [0.25, 0.3) is 0 Å². The van der Waals surface area contributed by atoms with Gasteiger partial charge in [-0.2, -0.15) is 0 Å². The van der Waals surface area contributed by atoms with Gasteiger partial charge in [0.05, 0.1) is 26.4 Å². The molecule has 0 rings (SSSR count). The molecule has 0 spiro atoms. The van der Waals surface area contributed by atoms with Crippen LogP contribution in [0.4, 0.5) is 0 Å². The molecular formula is C73H142O17P2. The topological polar surface area (TPSA) is 237 Å². The average Bonchev–Trinajstić information content (AvgIpc) is 2.28. The Hall–Kier alpha value is -1.94. The minimum Gasteiger partial charge on any atom is -0.462 e. The van der Waals surface area contributed by atoms with Gasteiger partial charge >= 0.3 is 39.5 Å². The first-order valence-electron chi connectivity index (χ1n) is 37.8. The van der Waals surface area contributed by atoms with E-state index in [0.29, 0.717) is 31.6 Å². The number of phosphoric acid groups is 2. The normalized spacial score (nSPS) is 14.8. The molecule has 0 radical (unpaired) electrons. The predicted molar refractivity (Wildman–Crippen MR) is 372 cm³/mol. The van der Waals surface area contributed by atoms with Gasteiger partial charge in [-0.3, -0.25) is 37.3 Å². The highest BCUT2D eigenvalue weighted by Crippen LogP contribution is 2.45. The van der Waals surface area contributed by atoms with Crippen LogP contribution in [-0.4, -0.2) is 96.7 Å². The van der Waals surface area contributed by atoms with Gasteiger partial charge in [0.15, 0.2) is 12.2 Å². The first-order valence-corrected chi connectivity index (χ1v) is 40.8. The number of phosphoric ester groups is 2. The first kappa shape index (κ1) is 90.1. The van der Waals surface area contributed by atoms with Crippen LogP contribution in [0.5, 0.6) is 0 Å². The molecule has 0 saturated carbocycles. The number of aliphatic hydroxyl groups is 1. The summed E-state index contributed by atoms with van der Waals surface area (Å²) in [5.41, 5.74) is 0. The number of esters is 4. The zero-order valence-electron chi connectivity index (χ0n) is 60.2. The summed E-state index contributed by atoms with van der Waals surface area (Å²) in [6, 6.07) is 0. The molecule has 0 bridgehead atoms. The molecule has 0 aromatic carbocycles. The zero-order valence-corrected chi connectivity index (χ0v) is 62.0. The molecule has 17 nitrogen and oxygen atoms in total. The van der Waals surface area contributed by atoms with E-state index >= 15 is 0 Å². The van der Waals surface area contributed by atoms with Crippen molar-refractivity contribution >= 4 is 39.5 Å². The van der Waals surface area contributed by atoms with E-state index in [1.54, 1.807) is 0 Å².